The summed E-state index contributed by atoms with van der Waals surface area (Å²) in [5.74, 6) is 0.923. The fourth-order valence-corrected chi connectivity index (χ4v) is 6.58. The normalized spacial score (nSPS) is 24.7. The Morgan fingerprint density at radius 2 is 2.09 bits per heavy atom. The first-order valence-corrected chi connectivity index (χ1v) is 14.1. The van der Waals surface area contributed by atoms with Gasteiger partial charge in [0.05, 0.1) is 6.10 Å². The highest BCUT2D eigenvalue weighted by atomic mass is 32.1. The highest BCUT2D eigenvalue weighted by Crippen LogP contribution is 2.37. The Hall–Kier alpha value is -1.98. The topological polar surface area (TPSA) is 38.3 Å². The van der Waals surface area contributed by atoms with Crippen molar-refractivity contribution in [2.45, 2.75) is 95.4 Å². The number of nitrogens with one attached hydrogen (secondary N) is 1. The van der Waals surface area contributed by atoms with Crippen molar-refractivity contribution in [1.29, 1.82) is 0 Å². The molecule has 3 nitrogen and oxygen atoms in total. The quantitative estimate of drug-likeness (QED) is 0.356. The lowest BCUT2D eigenvalue weighted by atomic mass is 9.82. The summed E-state index contributed by atoms with van der Waals surface area (Å²) < 4.78 is 21.2. The highest BCUT2D eigenvalue weighted by molar-refractivity contribution is 7.17. The van der Waals surface area contributed by atoms with Crippen LogP contribution in [-0.2, 0) is 15.2 Å². The van der Waals surface area contributed by atoms with Gasteiger partial charge in [0.2, 0.25) is 5.91 Å². The van der Waals surface area contributed by atoms with Gasteiger partial charge in [-0.25, -0.2) is 4.39 Å². The van der Waals surface area contributed by atoms with Gasteiger partial charge in [-0.15, -0.1) is 11.3 Å². The van der Waals surface area contributed by atoms with E-state index in [0.717, 1.165) is 62.0 Å². The number of hydrogen-bond acceptors (Lipinski definition) is 3. The van der Waals surface area contributed by atoms with Crippen LogP contribution in [0.1, 0.15) is 88.7 Å². The number of methoxy groups -OCH3 is 1. The smallest absolute Gasteiger partial charge is 0.220 e. The SMILES string of the molecule is C=CC(C)(F)c1ccc2c(C=C3CCC(CCCC(=O)NC4CCCC(OC)C4)CC3)csc2c1. The minimum Gasteiger partial charge on any atom is -0.381 e. The average Bonchev–Trinajstić information content (AvgIpc) is 3.27. The van der Waals surface area contributed by atoms with Gasteiger partial charge in [-0.1, -0.05) is 36.4 Å². The lowest BCUT2D eigenvalue weighted by Gasteiger charge is -2.29. The molecule has 1 aromatic heterocycles. The Kier molecular flexibility index (Phi) is 8.82. The van der Waals surface area contributed by atoms with E-state index in [1.807, 2.05) is 18.2 Å². The van der Waals surface area contributed by atoms with Gasteiger partial charge < -0.3 is 10.1 Å². The molecule has 2 aromatic rings. The van der Waals surface area contributed by atoms with Gasteiger partial charge in [-0.3, -0.25) is 4.79 Å². The van der Waals surface area contributed by atoms with E-state index in [4.69, 9.17) is 4.74 Å². The first kappa shape index (κ1) is 26.1. The van der Waals surface area contributed by atoms with Crippen molar-refractivity contribution in [3.8, 4) is 0 Å². The molecule has 4 rings (SSSR count). The third-order valence-corrected chi connectivity index (χ3v) is 8.96. The molecule has 190 valence electrons. The van der Waals surface area contributed by atoms with Crippen LogP contribution in [0.2, 0.25) is 0 Å². The number of alkyl halides is 1. The molecule has 0 radical (unpaired) electrons. The summed E-state index contributed by atoms with van der Waals surface area (Å²) >= 11 is 1.68. The summed E-state index contributed by atoms with van der Waals surface area (Å²) in [7, 11) is 1.77. The Labute approximate surface area is 213 Å². The predicted octanol–water partition coefficient (Wildman–Crippen LogP) is 8.09. The zero-order chi connectivity index (χ0) is 24.8. The molecule has 35 heavy (non-hydrogen) atoms. The largest absolute Gasteiger partial charge is 0.381 e. The van der Waals surface area contributed by atoms with Gasteiger partial charge >= 0.3 is 0 Å². The van der Waals surface area contributed by atoms with Gasteiger partial charge in [-0.05, 0) is 105 Å². The lowest BCUT2D eigenvalue weighted by Crippen LogP contribution is -2.40. The molecule has 1 N–H and O–H groups in total. The molecule has 0 spiro atoms. The summed E-state index contributed by atoms with van der Waals surface area (Å²) in [6.45, 7) is 5.18. The third-order valence-electron chi connectivity index (χ3n) is 8.00. The zero-order valence-corrected chi connectivity index (χ0v) is 22.1. The first-order chi connectivity index (χ1) is 16.9. The van der Waals surface area contributed by atoms with Crippen molar-refractivity contribution >= 4 is 33.4 Å². The molecular weight excluding hydrogens is 457 g/mol. The van der Waals surface area contributed by atoms with Crippen LogP contribution in [0.25, 0.3) is 16.2 Å². The highest BCUT2D eigenvalue weighted by Gasteiger charge is 2.24. The monoisotopic (exact) mass is 497 g/mol. The van der Waals surface area contributed by atoms with Crippen molar-refractivity contribution in [2.75, 3.05) is 7.11 Å². The summed E-state index contributed by atoms with van der Waals surface area (Å²) in [4.78, 5) is 12.4. The van der Waals surface area contributed by atoms with Crippen molar-refractivity contribution in [3.05, 3.63) is 52.9 Å². The first-order valence-electron chi connectivity index (χ1n) is 13.2. The molecule has 0 bridgehead atoms. The van der Waals surface area contributed by atoms with Crippen LogP contribution in [0.5, 0.6) is 0 Å². The summed E-state index contributed by atoms with van der Waals surface area (Å²) in [5, 5.41) is 6.62. The van der Waals surface area contributed by atoms with E-state index in [0.29, 0.717) is 18.1 Å². The molecule has 2 fully saturated rings. The number of thiophene rings is 1. The molecule has 1 aromatic carbocycles. The Morgan fingerprint density at radius 1 is 1.29 bits per heavy atom. The molecule has 0 aliphatic heterocycles. The molecule has 0 saturated heterocycles. The van der Waals surface area contributed by atoms with Gasteiger partial charge in [0.1, 0.15) is 0 Å². The predicted molar refractivity (Wildman–Crippen MR) is 145 cm³/mol. The number of hydrogen-bond donors (Lipinski definition) is 1. The van der Waals surface area contributed by atoms with Gasteiger partial charge in [0, 0.05) is 24.3 Å². The number of ether oxygens (including phenoxy) is 1. The molecule has 3 unspecified atom stereocenters. The van der Waals surface area contributed by atoms with Crippen LogP contribution < -0.4 is 5.32 Å². The molecule has 2 aliphatic carbocycles. The minimum absolute atomic E-state index is 0.205. The van der Waals surface area contributed by atoms with E-state index in [-0.39, 0.29) is 11.9 Å². The number of fused-ring (bicyclic) bond motifs is 1. The number of carbonyl (C=O) groups excluding carboxylic acids is 1. The zero-order valence-electron chi connectivity index (χ0n) is 21.3. The molecule has 3 atom stereocenters. The maximum Gasteiger partial charge on any atom is 0.220 e. The molecule has 5 heteroatoms. The summed E-state index contributed by atoms with van der Waals surface area (Å²) in [6.07, 6.45) is 15.7. The van der Waals surface area contributed by atoms with Crippen molar-refractivity contribution in [1.82, 2.24) is 5.32 Å². The standard InChI is InChI=1S/C30H40FNO2S/c1-4-30(2,31)24-15-16-27-23(20-35-28(27)18-24)17-22-13-11-21(12-14-22)7-5-10-29(33)32-25-8-6-9-26(19-25)34-3/h4,15-18,20-21,25-26H,1,5-14,19H2,2-3H3,(H,32,33). The minimum atomic E-state index is -1.50. The molecular formula is C30H40FNO2S. The second-order valence-corrected chi connectivity index (χ2v) is 11.5. The van der Waals surface area contributed by atoms with Gasteiger partial charge in [0.15, 0.2) is 5.67 Å². The number of halogens is 1. The number of allylic oxidation sites excluding steroid dienone is 2. The molecule has 1 heterocycles. The van der Waals surface area contributed by atoms with Gasteiger partial charge in [0.25, 0.3) is 0 Å². The van der Waals surface area contributed by atoms with Crippen LogP contribution >= 0.6 is 11.3 Å². The second-order valence-electron chi connectivity index (χ2n) is 10.6. The van der Waals surface area contributed by atoms with E-state index >= 15 is 0 Å². The Morgan fingerprint density at radius 3 is 2.83 bits per heavy atom. The van der Waals surface area contributed by atoms with Crippen molar-refractivity contribution in [2.24, 2.45) is 5.92 Å². The van der Waals surface area contributed by atoms with Crippen molar-refractivity contribution < 1.29 is 13.9 Å². The lowest BCUT2D eigenvalue weighted by molar-refractivity contribution is -0.122. The maximum atomic E-state index is 14.6. The fourth-order valence-electron chi connectivity index (χ4n) is 5.63. The van der Waals surface area contributed by atoms with E-state index in [1.54, 1.807) is 25.4 Å². The fraction of sp³-hybridized carbons (Fsp3) is 0.567. The third kappa shape index (κ3) is 6.83. The van der Waals surface area contributed by atoms with Crippen molar-refractivity contribution in [3.63, 3.8) is 0 Å². The van der Waals surface area contributed by atoms with E-state index in [9.17, 15) is 9.18 Å². The Bertz CT molecular complexity index is 1050. The number of amides is 1. The van der Waals surface area contributed by atoms with Gasteiger partial charge in [-0.2, -0.15) is 0 Å². The number of rotatable bonds is 9. The van der Waals surface area contributed by atoms with E-state index < -0.39 is 5.67 Å². The summed E-state index contributed by atoms with van der Waals surface area (Å²) in [6, 6.07) is 6.18. The Balaban J connectivity index is 1.22. The second kappa shape index (κ2) is 11.8. The van der Waals surface area contributed by atoms with Crippen LogP contribution in [0.3, 0.4) is 0 Å². The summed E-state index contributed by atoms with van der Waals surface area (Å²) in [5.41, 5.74) is 1.92. The number of benzene rings is 1. The van der Waals surface area contributed by atoms with Crippen LogP contribution in [-0.4, -0.2) is 25.2 Å². The molecule has 1 amide bonds. The van der Waals surface area contributed by atoms with E-state index in [2.05, 4.69) is 23.4 Å². The van der Waals surface area contributed by atoms with Crippen LogP contribution in [0.15, 0.2) is 41.8 Å². The maximum absolute atomic E-state index is 14.6. The molecule has 2 saturated carbocycles. The molecule has 2 aliphatic rings. The van der Waals surface area contributed by atoms with Crippen LogP contribution in [0.4, 0.5) is 4.39 Å². The van der Waals surface area contributed by atoms with Crippen LogP contribution in [0, 0.1) is 5.92 Å². The van der Waals surface area contributed by atoms with E-state index in [1.165, 1.54) is 35.4 Å². The number of carbonyl (C=O) groups is 1. The average molecular weight is 498 g/mol.